The van der Waals surface area contributed by atoms with Crippen LogP contribution in [0, 0.1) is 12.8 Å². The van der Waals surface area contributed by atoms with Gasteiger partial charge in [0.15, 0.2) is 0 Å². The molecule has 1 saturated carbocycles. The Bertz CT molecular complexity index is 1330. The summed E-state index contributed by atoms with van der Waals surface area (Å²) in [4.78, 5) is 2.23. The van der Waals surface area contributed by atoms with Crippen LogP contribution in [0.5, 0.6) is 0 Å². The molecular weight excluding hydrogens is 392 g/mol. The Balaban J connectivity index is 1.55. The van der Waals surface area contributed by atoms with E-state index < -0.39 is 10.0 Å². The summed E-state index contributed by atoms with van der Waals surface area (Å²) in [6.07, 6.45) is 0.965. The Labute approximate surface area is 176 Å². The second-order valence-electron chi connectivity index (χ2n) is 8.64. The first-order chi connectivity index (χ1) is 14.4. The lowest BCUT2D eigenvalue weighted by Gasteiger charge is -2.20. The predicted octanol–water partition coefficient (Wildman–Crippen LogP) is 4.44. The number of likely N-dealkylation sites (N-methyl/N-ethyl adjacent to an activating group) is 1. The van der Waals surface area contributed by atoms with Crippen molar-refractivity contribution in [1.29, 1.82) is 0 Å². The predicted molar refractivity (Wildman–Crippen MR) is 119 cm³/mol. The first-order valence-corrected chi connectivity index (χ1v) is 11.7. The van der Waals surface area contributed by atoms with Crippen LogP contribution in [-0.4, -0.2) is 21.3 Å². The topological polar surface area (TPSA) is 49.7 Å². The molecule has 6 rings (SSSR count). The number of anilines is 1. The van der Waals surface area contributed by atoms with Gasteiger partial charge in [0.2, 0.25) is 0 Å². The summed E-state index contributed by atoms with van der Waals surface area (Å²) >= 11 is 0. The van der Waals surface area contributed by atoms with Crippen molar-refractivity contribution >= 4 is 21.5 Å². The largest absolute Gasteiger partial charge is 0.331 e. The maximum Gasteiger partial charge on any atom is 0.283 e. The van der Waals surface area contributed by atoms with E-state index in [-0.39, 0.29) is 16.2 Å². The molecule has 0 unspecified atom stereocenters. The molecule has 0 amide bonds. The number of rotatable bonds is 2. The molecule has 0 bridgehead atoms. The third kappa shape index (κ3) is 2.16. The van der Waals surface area contributed by atoms with Gasteiger partial charge in [-0.05, 0) is 54.2 Å². The molecule has 4 nitrogen and oxygen atoms in total. The van der Waals surface area contributed by atoms with Gasteiger partial charge in [-0.2, -0.15) is 8.42 Å². The normalized spacial score (nSPS) is 27.3. The van der Waals surface area contributed by atoms with E-state index in [0.717, 1.165) is 17.7 Å². The zero-order valence-corrected chi connectivity index (χ0v) is 17.7. The maximum atomic E-state index is 13.3. The third-order valence-electron chi connectivity index (χ3n) is 7.12. The molecule has 3 aromatic rings. The lowest BCUT2D eigenvalue weighted by atomic mass is 9.86. The van der Waals surface area contributed by atoms with E-state index in [9.17, 15) is 8.42 Å². The fourth-order valence-electron chi connectivity index (χ4n) is 5.77. The van der Waals surface area contributed by atoms with Gasteiger partial charge in [-0.25, -0.2) is 0 Å². The van der Waals surface area contributed by atoms with Crippen molar-refractivity contribution in [3.63, 3.8) is 0 Å². The molecule has 3 aromatic carbocycles. The maximum absolute atomic E-state index is 13.3. The smallest absolute Gasteiger partial charge is 0.283 e. The van der Waals surface area contributed by atoms with Gasteiger partial charge in [0.05, 0.1) is 10.3 Å². The Morgan fingerprint density at radius 2 is 1.67 bits per heavy atom. The first-order valence-electron chi connectivity index (χ1n) is 10.3. The van der Waals surface area contributed by atoms with E-state index in [1.807, 2.05) is 43.1 Å². The molecule has 3 atom stereocenters. The quantitative estimate of drug-likeness (QED) is 0.623. The van der Waals surface area contributed by atoms with E-state index in [1.165, 1.54) is 16.7 Å². The molecule has 30 heavy (non-hydrogen) atoms. The number of sulfonamides is 1. The van der Waals surface area contributed by atoms with Gasteiger partial charge in [0.1, 0.15) is 5.84 Å². The van der Waals surface area contributed by atoms with Gasteiger partial charge in [-0.3, -0.25) is 0 Å². The molecule has 0 saturated heterocycles. The summed E-state index contributed by atoms with van der Waals surface area (Å²) < 4.78 is 31.0. The summed E-state index contributed by atoms with van der Waals surface area (Å²) in [5.74, 6) is 1.30. The number of fused-ring (bicyclic) bond motifs is 7. The van der Waals surface area contributed by atoms with E-state index in [2.05, 4.69) is 40.8 Å². The van der Waals surface area contributed by atoms with Crippen LogP contribution in [0.1, 0.15) is 28.2 Å². The van der Waals surface area contributed by atoms with Crippen LogP contribution in [0.15, 0.2) is 82.1 Å². The van der Waals surface area contributed by atoms with Crippen molar-refractivity contribution < 1.29 is 8.42 Å². The van der Waals surface area contributed by atoms with Gasteiger partial charge in [0.25, 0.3) is 10.0 Å². The van der Waals surface area contributed by atoms with Crippen LogP contribution < -0.4 is 4.90 Å². The molecule has 0 N–H and O–H groups in total. The summed E-state index contributed by atoms with van der Waals surface area (Å²) in [6, 6.07) is 23.8. The summed E-state index contributed by atoms with van der Waals surface area (Å²) in [6.45, 7) is 1.95. The molecule has 1 aliphatic heterocycles. The highest BCUT2D eigenvalue weighted by Crippen LogP contribution is 2.74. The van der Waals surface area contributed by atoms with Crippen LogP contribution in [0.4, 0.5) is 5.69 Å². The second-order valence-corrected chi connectivity index (χ2v) is 10.2. The highest BCUT2D eigenvalue weighted by Gasteiger charge is 2.75. The van der Waals surface area contributed by atoms with Crippen molar-refractivity contribution in [3.05, 3.63) is 95.1 Å². The van der Waals surface area contributed by atoms with Crippen LogP contribution in [0.2, 0.25) is 0 Å². The van der Waals surface area contributed by atoms with Crippen molar-refractivity contribution in [1.82, 2.24) is 0 Å². The Kier molecular flexibility index (Phi) is 3.47. The Hall–Kier alpha value is -2.92. The van der Waals surface area contributed by atoms with Crippen molar-refractivity contribution in [2.24, 2.45) is 10.3 Å². The monoisotopic (exact) mass is 414 g/mol. The number of amidine groups is 1. The number of para-hydroxylation sites is 1. The molecule has 3 aliphatic rings. The minimum Gasteiger partial charge on any atom is -0.331 e. The van der Waals surface area contributed by atoms with Crippen molar-refractivity contribution in [2.75, 3.05) is 11.9 Å². The molecule has 5 heteroatoms. The van der Waals surface area contributed by atoms with Gasteiger partial charge in [-0.1, -0.05) is 60.2 Å². The minimum atomic E-state index is -3.80. The second kappa shape index (κ2) is 5.82. The zero-order chi connectivity index (χ0) is 20.7. The highest BCUT2D eigenvalue weighted by atomic mass is 32.2. The van der Waals surface area contributed by atoms with Crippen molar-refractivity contribution in [3.8, 4) is 0 Å². The van der Waals surface area contributed by atoms with Gasteiger partial charge in [-0.15, -0.1) is 4.40 Å². The summed E-state index contributed by atoms with van der Waals surface area (Å²) in [7, 11) is -1.86. The summed E-state index contributed by atoms with van der Waals surface area (Å²) in [5, 5.41) is 0. The van der Waals surface area contributed by atoms with Crippen LogP contribution in [0.25, 0.3) is 0 Å². The average molecular weight is 415 g/mol. The summed E-state index contributed by atoms with van der Waals surface area (Å²) in [5.41, 5.74) is 5.66. The fraction of sp³-hybridized carbons (Fsp3) is 0.240. The molecule has 1 spiro atoms. The average Bonchev–Trinajstić information content (AvgIpc) is 3.11. The SMILES string of the molecule is Cc1ccc(S(=O)(=O)/N=C2\N(C)c3ccccc3[C@@]23[C@@H]2c4ccccc4C[C@@H]23)cc1. The fourth-order valence-corrected chi connectivity index (χ4v) is 6.86. The van der Waals surface area contributed by atoms with E-state index in [1.54, 1.807) is 12.1 Å². The Morgan fingerprint density at radius 1 is 0.967 bits per heavy atom. The van der Waals surface area contributed by atoms with Crippen LogP contribution in [0.3, 0.4) is 0 Å². The third-order valence-corrected chi connectivity index (χ3v) is 8.40. The van der Waals surface area contributed by atoms with E-state index in [0.29, 0.717) is 11.8 Å². The first kappa shape index (κ1) is 17.9. The Morgan fingerprint density at radius 3 is 2.47 bits per heavy atom. The van der Waals surface area contributed by atoms with Gasteiger partial charge >= 0.3 is 0 Å². The number of hydrogen-bond acceptors (Lipinski definition) is 2. The van der Waals surface area contributed by atoms with Gasteiger partial charge < -0.3 is 4.90 Å². The number of hydrogen-bond donors (Lipinski definition) is 0. The van der Waals surface area contributed by atoms with Crippen LogP contribution >= 0.6 is 0 Å². The number of aryl methyl sites for hydroxylation is 1. The molecule has 0 aromatic heterocycles. The number of benzene rings is 3. The highest BCUT2D eigenvalue weighted by molar-refractivity contribution is 7.90. The van der Waals surface area contributed by atoms with E-state index >= 15 is 0 Å². The van der Waals surface area contributed by atoms with E-state index in [4.69, 9.17) is 0 Å². The van der Waals surface area contributed by atoms with Gasteiger partial charge in [0, 0.05) is 18.7 Å². The molecule has 1 heterocycles. The number of nitrogens with zero attached hydrogens (tertiary/aromatic N) is 2. The molecular formula is C25H22N2O2S. The van der Waals surface area contributed by atoms with Crippen LogP contribution in [-0.2, 0) is 21.9 Å². The minimum absolute atomic E-state index is 0.242. The molecule has 2 aliphatic carbocycles. The standard InChI is InChI=1S/C25H22N2O2S/c1-16-11-13-18(14-12-16)30(28,29)26-24-25(20-9-5-6-10-22(20)27(24)2)21-15-17-7-3-4-8-19(17)23(21)25/h3-14,21,23H,15H2,1-2H3/b26-24-/t21-,23+,25+/m0/s1. The molecule has 1 fully saturated rings. The molecule has 150 valence electrons. The van der Waals surface area contributed by atoms with Crippen molar-refractivity contribution in [2.45, 2.75) is 29.6 Å². The zero-order valence-electron chi connectivity index (χ0n) is 16.9. The lowest BCUT2D eigenvalue weighted by Crippen LogP contribution is -2.33. The lowest BCUT2D eigenvalue weighted by molar-refractivity contribution is 0.597. The molecule has 0 radical (unpaired) electrons.